The molecule has 1 N–H and O–H groups in total. The highest BCUT2D eigenvalue weighted by Gasteiger charge is 2.34. The maximum Gasteiger partial charge on any atom is 0.243 e. The molecule has 34 heavy (non-hydrogen) atoms. The van der Waals surface area contributed by atoms with E-state index in [4.69, 9.17) is 25.8 Å². The van der Waals surface area contributed by atoms with Crippen LogP contribution in [0.2, 0.25) is 5.02 Å². The number of halogens is 1. The van der Waals surface area contributed by atoms with Crippen molar-refractivity contribution >= 4 is 27.5 Å². The Hall–Kier alpha value is -2.49. The number of nitrogens with zero attached hydrogens (tertiary/aromatic N) is 1. The van der Waals surface area contributed by atoms with E-state index in [0.29, 0.717) is 35.7 Å². The van der Waals surface area contributed by atoms with Gasteiger partial charge in [-0.25, -0.2) is 8.42 Å². The summed E-state index contributed by atoms with van der Waals surface area (Å²) in [7, 11) is 0.573. The Morgan fingerprint density at radius 1 is 1.00 bits per heavy atom. The summed E-state index contributed by atoms with van der Waals surface area (Å²) in [5.74, 6) is 1.11. The standard InChI is InChI=1S/C24H31ClN2O6S/c1-31-21-10-7-11-22(32-2)19(21)15-26-24(28)16-27(17-8-5-4-6-9-17)34(29,30)18-12-13-23(33-3)20(25)14-18/h7,10-14,17H,4-6,8-9,15-16H2,1-3H3,(H,26,28). The molecule has 10 heteroatoms. The molecule has 2 aromatic carbocycles. The van der Waals surface area contributed by atoms with E-state index in [1.54, 1.807) is 18.2 Å². The van der Waals surface area contributed by atoms with E-state index < -0.39 is 15.9 Å². The summed E-state index contributed by atoms with van der Waals surface area (Å²) in [5, 5.41) is 3.01. The van der Waals surface area contributed by atoms with E-state index in [1.165, 1.54) is 43.8 Å². The molecule has 0 aromatic heterocycles. The van der Waals surface area contributed by atoms with E-state index >= 15 is 0 Å². The van der Waals surface area contributed by atoms with Crippen LogP contribution in [0.15, 0.2) is 41.3 Å². The normalized spacial score (nSPS) is 14.6. The molecule has 0 aliphatic heterocycles. The number of amides is 1. The van der Waals surface area contributed by atoms with Crippen LogP contribution in [0.4, 0.5) is 0 Å². The zero-order valence-corrected chi connectivity index (χ0v) is 21.2. The van der Waals surface area contributed by atoms with Gasteiger partial charge >= 0.3 is 0 Å². The van der Waals surface area contributed by atoms with Gasteiger partial charge in [0.1, 0.15) is 17.2 Å². The van der Waals surface area contributed by atoms with Crippen molar-refractivity contribution < 1.29 is 27.4 Å². The topological polar surface area (TPSA) is 94.2 Å². The van der Waals surface area contributed by atoms with E-state index in [9.17, 15) is 13.2 Å². The first-order valence-corrected chi connectivity index (χ1v) is 13.0. The Bertz CT molecular complexity index is 1080. The van der Waals surface area contributed by atoms with Gasteiger partial charge in [-0.3, -0.25) is 4.79 Å². The molecule has 3 rings (SSSR count). The van der Waals surface area contributed by atoms with Gasteiger partial charge in [-0.05, 0) is 43.2 Å². The lowest BCUT2D eigenvalue weighted by Crippen LogP contribution is -2.47. The SMILES string of the molecule is COc1ccc(S(=O)(=O)N(CC(=O)NCc2c(OC)cccc2OC)C2CCCCC2)cc1Cl. The fourth-order valence-electron chi connectivity index (χ4n) is 4.21. The van der Waals surface area contributed by atoms with Gasteiger partial charge in [0.15, 0.2) is 0 Å². The molecule has 2 aromatic rings. The first-order chi connectivity index (χ1) is 16.3. The van der Waals surface area contributed by atoms with Crippen molar-refractivity contribution in [1.29, 1.82) is 0 Å². The van der Waals surface area contributed by atoms with E-state index in [2.05, 4.69) is 5.32 Å². The molecule has 0 heterocycles. The monoisotopic (exact) mass is 510 g/mol. The molecule has 1 aliphatic carbocycles. The summed E-state index contributed by atoms with van der Waals surface area (Å²) in [4.78, 5) is 13.0. The highest BCUT2D eigenvalue weighted by molar-refractivity contribution is 7.89. The second-order valence-corrected chi connectivity index (χ2v) is 10.4. The molecule has 0 saturated heterocycles. The number of methoxy groups -OCH3 is 3. The van der Waals surface area contributed by atoms with Crippen LogP contribution in [0.5, 0.6) is 17.2 Å². The highest BCUT2D eigenvalue weighted by Crippen LogP contribution is 2.32. The number of benzene rings is 2. The molecule has 1 saturated carbocycles. The van der Waals surface area contributed by atoms with Crippen LogP contribution in [-0.2, 0) is 21.4 Å². The van der Waals surface area contributed by atoms with Gasteiger partial charge in [0.2, 0.25) is 15.9 Å². The number of carbonyl (C=O) groups excluding carboxylic acids is 1. The van der Waals surface area contributed by atoms with E-state index in [1.807, 2.05) is 0 Å². The summed E-state index contributed by atoms with van der Waals surface area (Å²) < 4.78 is 44.4. The Morgan fingerprint density at radius 2 is 1.62 bits per heavy atom. The molecule has 0 spiro atoms. The maximum absolute atomic E-state index is 13.6. The zero-order chi connectivity index (χ0) is 24.7. The van der Waals surface area contributed by atoms with Crippen LogP contribution in [0, 0.1) is 0 Å². The van der Waals surface area contributed by atoms with Crippen molar-refractivity contribution in [3.63, 3.8) is 0 Å². The number of carbonyl (C=O) groups is 1. The highest BCUT2D eigenvalue weighted by atomic mass is 35.5. The van der Waals surface area contributed by atoms with Gasteiger partial charge in [0.25, 0.3) is 0 Å². The fourth-order valence-corrected chi connectivity index (χ4v) is 6.20. The quantitative estimate of drug-likeness (QED) is 0.519. The van der Waals surface area contributed by atoms with Crippen LogP contribution in [-0.4, -0.2) is 52.5 Å². The molecule has 0 radical (unpaired) electrons. The molecule has 0 unspecified atom stereocenters. The predicted molar refractivity (Wildman–Crippen MR) is 130 cm³/mol. The lowest BCUT2D eigenvalue weighted by Gasteiger charge is -2.33. The molecule has 8 nitrogen and oxygen atoms in total. The fraction of sp³-hybridized carbons (Fsp3) is 0.458. The number of hydrogen-bond acceptors (Lipinski definition) is 6. The molecule has 1 aliphatic rings. The molecule has 1 fully saturated rings. The lowest BCUT2D eigenvalue weighted by atomic mass is 9.95. The maximum atomic E-state index is 13.6. The van der Waals surface area contributed by atoms with Crippen LogP contribution < -0.4 is 19.5 Å². The Balaban J connectivity index is 1.83. The summed E-state index contributed by atoms with van der Waals surface area (Å²) in [6.07, 6.45) is 4.30. The van der Waals surface area contributed by atoms with Gasteiger partial charge in [0.05, 0.1) is 49.9 Å². The molecule has 186 valence electrons. The second-order valence-electron chi connectivity index (χ2n) is 8.06. The average Bonchev–Trinajstić information content (AvgIpc) is 2.86. The lowest BCUT2D eigenvalue weighted by molar-refractivity contribution is -0.121. The molecule has 0 atom stereocenters. The van der Waals surface area contributed by atoms with Crippen molar-refractivity contribution in [1.82, 2.24) is 9.62 Å². The number of ether oxygens (including phenoxy) is 3. The Labute approximate surface area is 206 Å². The van der Waals surface area contributed by atoms with Crippen LogP contribution in [0.1, 0.15) is 37.7 Å². The number of hydrogen-bond donors (Lipinski definition) is 1. The summed E-state index contributed by atoms with van der Waals surface area (Å²) >= 11 is 6.20. The van der Waals surface area contributed by atoms with Crippen molar-refractivity contribution in [2.75, 3.05) is 27.9 Å². The van der Waals surface area contributed by atoms with Crippen LogP contribution in [0.25, 0.3) is 0 Å². The number of nitrogens with one attached hydrogen (secondary N) is 1. The van der Waals surface area contributed by atoms with Crippen LogP contribution in [0.3, 0.4) is 0 Å². The number of rotatable bonds is 10. The summed E-state index contributed by atoms with van der Waals surface area (Å²) in [5.41, 5.74) is 0.676. The molecular weight excluding hydrogens is 480 g/mol. The third kappa shape index (κ3) is 5.95. The minimum atomic E-state index is -3.97. The van der Waals surface area contributed by atoms with Gasteiger partial charge in [0, 0.05) is 6.04 Å². The predicted octanol–water partition coefficient (Wildman–Crippen LogP) is 4.01. The molecule has 0 bridgehead atoms. The van der Waals surface area contributed by atoms with Crippen molar-refractivity contribution in [2.24, 2.45) is 0 Å². The average molecular weight is 511 g/mol. The molecular formula is C24H31ClN2O6S. The molecule has 1 amide bonds. The minimum absolute atomic E-state index is 0.0306. The van der Waals surface area contributed by atoms with Gasteiger partial charge in [-0.1, -0.05) is 36.9 Å². The Morgan fingerprint density at radius 3 is 2.18 bits per heavy atom. The van der Waals surface area contributed by atoms with E-state index in [-0.39, 0.29) is 29.0 Å². The van der Waals surface area contributed by atoms with Gasteiger partial charge in [-0.2, -0.15) is 4.31 Å². The first kappa shape index (κ1) is 26.1. The van der Waals surface area contributed by atoms with Crippen LogP contribution >= 0.6 is 11.6 Å². The minimum Gasteiger partial charge on any atom is -0.496 e. The first-order valence-electron chi connectivity index (χ1n) is 11.1. The third-order valence-electron chi connectivity index (χ3n) is 6.00. The van der Waals surface area contributed by atoms with Gasteiger partial charge < -0.3 is 19.5 Å². The summed E-state index contributed by atoms with van der Waals surface area (Å²) in [6, 6.07) is 9.41. The smallest absolute Gasteiger partial charge is 0.243 e. The van der Waals surface area contributed by atoms with Gasteiger partial charge in [-0.15, -0.1) is 0 Å². The number of sulfonamides is 1. The Kier molecular flexibility index (Phi) is 9.04. The van der Waals surface area contributed by atoms with Crippen molar-refractivity contribution in [3.8, 4) is 17.2 Å². The van der Waals surface area contributed by atoms with Crippen molar-refractivity contribution in [2.45, 2.75) is 49.6 Å². The van der Waals surface area contributed by atoms with E-state index in [0.717, 1.165) is 19.3 Å². The van der Waals surface area contributed by atoms with Crippen molar-refractivity contribution in [3.05, 3.63) is 47.0 Å². The largest absolute Gasteiger partial charge is 0.496 e. The second kappa shape index (κ2) is 11.8. The zero-order valence-electron chi connectivity index (χ0n) is 19.7. The summed E-state index contributed by atoms with van der Waals surface area (Å²) in [6.45, 7) is -0.160. The third-order valence-corrected chi connectivity index (χ3v) is 8.19.